The van der Waals surface area contributed by atoms with Crippen molar-refractivity contribution in [1.82, 2.24) is 4.90 Å². The van der Waals surface area contributed by atoms with Crippen molar-refractivity contribution in [3.05, 3.63) is 39.9 Å². The number of unbranched alkanes of at least 4 members (excludes halogenated alkanes) is 1. The summed E-state index contributed by atoms with van der Waals surface area (Å²) in [5.74, 6) is -0.187. The number of rotatable bonds is 7. The molecule has 0 spiro atoms. The van der Waals surface area contributed by atoms with E-state index in [2.05, 4.69) is 0 Å². The highest BCUT2D eigenvalue weighted by atomic mass is 32.2. The van der Waals surface area contributed by atoms with E-state index in [0.717, 1.165) is 12.8 Å². The van der Waals surface area contributed by atoms with E-state index in [1.54, 1.807) is 0 Å². The van der Waals surface area contributed by atoms with E-state index < -0.39 is 16.9 Å². The van der Waals surface area contributed by atoms with E-state index in [1.807, 2.05) is 20.8 Å². The fourth-order valence-electron chi connectivity index (χ4n) is 2.79. The third-order valence-electron chi connectivity index (χ3n) is 4.16. The third-order valence-corrected chi connectivity index (χ3v) is 5.78. The first-order valence-corrected chi connectivity index (χ1v) is 9.77. The summed E-state index contributed by atoms with van der Waals surface area (Å²) in [6.07, 6.45) is 1.69. The van der Waals surface area contributed by atoms with E-state index in [9.17, 15) is 19.7 Å². The number of nitro benzene ring substituents is 1. The standard InChI is InChI=1S/C18H24N2O5S/c1-4-5-9-25-18(22)15-11-26-17(12(2)3)19(15)16(21)13-7-6-8-14(10-13)20(23)24/h6-8,10,12,15,17H,4-5,9,11H2,1-3H3/t15-,17-/m0/s1. The van der Waals surface area contributed by atoms with Gasteiger partial charge in [0.15, 0.2) is 0 Å². The van der Waals surface area contributed by atoms with Gasteiger partial charge in [0.1, 0.15) is 6.04 Å². The predicted molar refractivity (Wildman–Crippen MR) is 100 cm³/mol. The van der Waals surface area contributed by atoms with Crippen molar-refractivity contribution in [3.63, 3.8) is 0 Å². The maximum atomic E-state index is 13.1. The molecule has 0 N–H and O–H groups in total. The molecule has 0 saturated carbocycles. The van der Waals surface area contributed by atoms with Crippen LogP contribution in [0.4, 0.5) is 5.69 Å². The Morgan fingerprint density at radius 2 is 2.15 bits per heavy atom. The van der Waals surface area contributed by atoms with Crippen LogP contribution in [-0.2, 0) is 9.53 Å². The second kappa shape index (κ2) is 9.02. The molecule has 1 amide bonds. The maximum Gasteiger partial charge on any atom is 0.329 e. The monoisotopic (exact) mass is 380 g/mol. The van der Waals surface area contributed by atoms with Crippen molar-refractivity contribution in [3.8, 4) is 0 Å². The van der Waals surface area contributed by atoms with Gasteiger partial charge in [-0.1, -0.05) is 33.3 Å². The van der Waals surface area contributed by atoms with E-state index in [1.165, 1.54) is 40.9 Å². The van der Waals surface area contributed by atoms with E-state index in [0.29, 0.717) is 12.4 Å². The predicted octanol–water partition coefficient (Wildman–Crippen LogP) is 3.48. The molecule has 7 nitrogen and oxygen atoms in total. The summed E-state index contributed by atoms with van der Waals surface area (Å²) in [5, 5.41) is 10.8. The van der Waals surface area contributed by atoms with Crippen molar-refractivity contribution in [1.29, 1.82) is 0 Å². The third kappa shape index (κ3) is 4.55. The quantitative estimate of drug-likeness (QED) is 0.311. The second-order valence-electron chi connectivity index (χ2n) is 6.52. The van der Waals surface area contributed by atoms with Crippen LogP contribution in [0, 0.1) is 16.0 Å². The number of non-ortho nitro benzene ring substituents is 1. The molecule has 0 bridgehead atoms. The Labute approximate surface area is 157 Å². The minimum Gasteiger partial charge on any atom is -0.464 e. The van der Waals surface area contributed by atoms with Crippen LogP contribution in [0.25, 0.3) is 0 Å². The zero-order chi connectivity index (χ0) is 19.3. The molecule has 8 heteroatoms. The smallest absolute Gasteiger partial charge is 0.329 e. The van der Waals surface area contributed by atoms with Gasteiger partial charge in [-0.15, -0.1) is 11.8 Å². The van der Waals surface area contributed by atoms with E-state index in [4.69, 9.17) is 4.74 Å². The molecule has 2 atom stereocenters. The van der Waals surface area contributed by atoms with Crippen LogP contribution in [-0.4, -0.2) is 45.5 Å². The minimum absolute atomic E-state index is 0.135. The van der Waals surface area contributed by atoms with Gasteiger partial charge in [-0.2, -0.15) is 0 Å². The number of nitro groups is 1. The average molecular weight is 380 g/mol. The highest BCUT2D eigenvalue weighted by Gasteiger charge is 2.44. The Morgan fingerprint density at radius 1 is 1.42 bits per heavy atom. The second-order valence-corrected chi connectivity index (χ2v) is 7.67. The van der Waals surface area contributed by atoms with Crippen LogP contribution >= 0.6 is 11.8 Å². The molecule has 1 heterocycles. The van der Waals surface area contributed by atoms with Crippen molar-refractivity contribution >= 4 is 29.3 Å². The zero-order valence-corrected chi connectivity index (χ0v) is 16.0. The first-order valence-electron chi connectivity index (χ1n) is 8.72. The first kappa shape index (κ1) is 20.2. The lowest BCUT2D eigenvalue weighted by Gasteiger charge is -2.30. The van der Waals surface area contributed by atoms with E-state index >= 15 is 0 Å². The van der Waals surface area contributed by atoms with Crippen LogP contribution in [0.3, 0.4) is 0 Å². The van der Waals surface area contributed by atoms with Gasteiger partial charge in [0.25, 0.3) is 11.6 Å². The zero-order valence-electron chi connectivity index (χ0n) is 15.2. The highest BCUT2D eigenvalue weighted by Crippen LogP contribution is 2.36. The Bertz CT molecular complexity index is 679. The van der Waals surface area contributed by atoms with E-state index in [-0.39, 0.29) is 28.4 Å². The molecule has 0 unspecified atom stereocenters. The van der Waals surface area contributed by atoms with Crippen molar-refractivity contribution in [2.75, 3.05) is 12.4 Å². The number of ether oxygens (including phenoxy) is 1. The summed E-state index contributed by atoms with van der Waals surface area (Å²) < 4.78 is 5.32. The van der Waals surface area contributed by atoms with Gasteiger partial charge in [0.2, 0.25) is 0 Å². The maximum absolute atomic E-state index is 13.1. The lowest BCUT2D eigenvalue weighted by Crippen LogP contribution is -2.47. The Morgan fingerprint density at radius 3 is 2.77 bits per heavy atom. The van der Waals surface area contributed by atoms with Crippen LogP contribution in [0.15, 0.2) is 24.3 Å². The number of thioether (sulfide) groups is 1. The normalized spacial score (nSPS) is 19.6. The molecule has 142 valence electrons. The number of benzene rings is 1. The molecule has 0 aliphatic carbocycles. The highest BCUT2D eigenvalue weighted by molar-refractivity contribution is 8.00. The van der Waals surface area contributed by atoms with Crippen LogP contribution in [0.2, 0.25) is 0 Å². The lowest BCUT2D eigenvalue weighted by molar-refractivity contribution is -0.384. The fourth-order valence-corrected chi connectivity index (χ4v) is 4.26. The SMILES string of the molecule is CCCCOC(=O)[C@@H]1CS[C@@H](C(C)C)N1C(=O)c1cccc([N+](=O)[O-])c1. The number of esters is 1. The summed E-state index contributed by atoms with van der Waals surface area (Å²) >= 11 is 1.54. The molecular weight excluding hydrogens is 356 g/mol. The largest absolute Gasteiger partial charge is 0.464 e. The van der Waals surface area contributed by atoms with Crippen molar-refractivity contribution in [2.45, 2.75) is 45.0 Å². The fraction of sp³-hybridized carbons (Fsp3) is 0.556. The lowest BCUT2D eigenvalue weighted by atomic mass is 10.1. The van der Waals surface area contributed by atoms with Gasteiger partial charge in [-0.3, -0.25) is 14.9 Å². The van der Waals surface area contributed by atoms with Crippen LogP contribution in [0.1, 0.15) is 44.0 Å². The van der Waals surface area contributed by atoms with Gasteiger partial charge < -0.3 is 9.64 Å². The number of hydrogen-bond acceptors (Lipinski definition) is 6. The van der Waals surface area contributed by atoms with Crippen molar-refractivity contribution in [2.24, 2.45) is 5.92 Å². The summed E-state index contributed by atoms with van der Waals surface area (Å²) in [6.45, 7) is 6.31. The molecule has 26 heavy (non-hydrogen) atoms. The molecule has 2 rings (SSSR count). The number of amides is 1. The average Bonchev–Trinajstić information content (AvgIpc) is 3.06. The number of nitrogens with zero attached hydrogens (tertiary/aromatic N) is 2. The van der Waals surface area contributed by atoms with Crippen LogP contribution < -0.4 is 0 Å². The molecule has 0 radical (unpaired) electrons. The summed E-state index contributed by atoms with van der Waals surface area (Å²) in [5.41, 5.74) is 0.0598. The Balaban J connectivity index is 2.27. The minimum atomic E-state index is -0.670. The topological polar surface area (TPSA) is 89.8 Å². The molecule has 1 aromatic carbocycles. The Kier molecular flexibility index (Phi) is 7.02. The number of carbonyl (C=O) groups is 2. The van der Waals surface area contributed by atoms with Gasteiger partial charge in [-0.05, 0) is 18.4 Å². The van der Waals surface area contributed by atoms with Gasteiger partial charge >= 0.3 is 5.97 Å². The first-order chi connectivity index (χ1) is 12.4. The molecule has 1 aliphatic rings. The number of hydrogen-bond donors (Lipinski definition) is 0. The van der Waals surface area contributed by atoms with Gasteiger partial charge in [0.05, 0.1) is 16.9 Å². The molecule has 1 aromatic rings. The summed E-state index contributed by atoms with van der Waals surface area (Å²) in [4.78, 5) is 37.5. The van der Waals surface area contributed by atoms with Gasteiger partial charge in [0, 0.05) is 23.4 Å². The molecule has 0 aromatic heterocycles. The summed E-state index contributed by atoms with van der Waals surface area (Å²) in [6, 6.07) is 4.94. The Hall–Kier alpha value is -2.09. The van der Waals surface area contributed by atoms with Gasteiger partial charge in [-0.25, -0.2) is 4.79 Å². The molecule has 1 fully saturated rings. The number of carbonyl (C=O) groups excluding carboxylic acids is 2. The van der Waals surface area contributed by atoms with Crippen LogP contribution in [0.5, 0.6) is 0 Å². The molecular formula is C18H24N2O5S. The summed E-state index contributed by atoms with van der Waals surface area (Å²) in [7, 11) is 0. The molecule has 1 aliphatic heterocycles. The molecule has 1 saturated heterocycles. The van der Waals surface area contributed by atoms with Crippen molar-refractivity contribution < 1.29 is 19.2 Å².